The summed E-state index contributed by atoms with van der Waals surface area (Å²) in [6.07, 6.45) is 0. The summed E-state index contributed by atoms with van der Waals surface area (Å²) in [4.78, 5) is 31.3. The number of ether oxygens (including phenoxy) is 1. The predicted molar refractivity (Wildman–Crippen MR) is 114 cm³/mol. The lowest BCUT2D eigenvalue weighted by molar-refractivity contribution is 0.0755. The topological polar surface area (TPSA) is 71.0 Å². The van der Waals surface area contributed by atoms with Gasteiger partial charge >= 0.3 is 6.03 Å². The second-order valence-electron chi connectivity index (χ2n) is 7.38. The van der Waals surface area contributed by atoms with Gasteiger partial charge in [-0.1, -0.05) is 50.2 Å². The van der Waals surface area contributed by atoms with Crippen LogP contribution in [0, 0.1) is 5.92 Å². The number of rotatable bonds is 6. The van der Waals surface area contributed by atoms with Crippen molar-refractivity contribution in [3.8, 4) is 5.75 Å². The van der Waals surface area contributed by atoms with E-state index in [0.29, 0.717) is 43.4 Å². The van der Waals surface area contributed by atoms with E-state index in [-0.39, 0.29) is 5.91 Å². The summed E-state index contributed by atoms with van der Waals surface area (Å²) >= 11 is 0. The minimum absolute atomic E-state index is 0.0145. The van der Waals surface area contributed by atoms with Gasteiger partial charge in [0.15, 0.2) is 0 Å². The van der Waals surface area contributed by atoms with Crippen LogP contribution in [0.4, 0.5) is 4.79 Å². The molecule has 0 aromatic heterocycles. The number of hydrogen-bond donors (Lipinski definition) is 1. The molecule has 0 fully saturated rings. The molecule has 6 nitrogen and oxygen atoms in total. The highest BCUT2D eigenvalue weighted by atomic mass is 16.5. The Labute approximate surface area is 171 Å². The standard InChI is InChI=1S/C23H27N3O3/c1-4-29-21-12-8-5-9-17(21)13-24-23(28)25-20-15-26(14-16(2)3)22(27)19-11-7-6-10-18(19)20/h5-12,16H,4,13-15H2,1-3H3,(H,24,28). The summed E-state index contributed by atoms with van der Waals surface area (Å²) in [6.45, 7) is 7.88. The van der Waals surface area contributed by atoms with Crippen LogP contribution in [-0.4, -0.2) is 42.2 Å². The van der Waals surface area contributed by atoms with Gasteiger partial charge in [0.1, 0.15) is 5.75 Å². The molecule has 0 saturated heterocycles. The van der Waals surface area contributed by atoms with Crippen LogP contribution in [0.5, 0.6) is 5.75 Å². The van der Waals surface area contributed by atoms with Crippen molar-refractivity contribution >= 4 is 17.6 Å². The second kappa shape index (κ2) is 9.37. The van der Waals surface area contributed by atoms with Crippen LogP contribution in [0.25, 0.3) is 0 Å². The Hall–Kier alpha value is -3.15. The zero-order chi connectivity index (χ0) is 20.8. The van der Waals surface area contributed by atoms with E-state index in [2.05, 4.69) is 24.2 Å². The zero-order valence-electron chi connectivity index (χ0n) is 17.1. The van der Waals surface area contributed by atoms with Crippen molar-refractivity contribution in [3.05, 3.63) is 65.2 Å². The van der Waals surface area contributed by atoms with Crippen molar-refractivity contribution in [3.63, 3.8) is 0 Å². The fraction of sp³-hybridized carbons (Fsp3) is 0.348. The number of carbonyl (C=O) groups excluding carboxylic acids is 2. The quantitative estimate of drug-likeness (QED) is 0.809. The smallest absolute Gasteiger partial charge is 0.341 e. The Morgan fingerprint density at radius 2 is 1.83 bits per heavy atom. The molecule has 1 N–H and O–H groups in total. The van der Waals surface area contributed by atoms with Gasteiger partial charge < -0.3 is 15.0 Å². The first kappa shape index (κ1) is 20.6. The molecule has 6 heteroatoms. The number of carbonyl (C=O) groups is 2. The number of nitrogens with zero attached hydrogens (tertiary/aromatic N) is 2. The lowest BCUT2D eigenvalue weighted by Gasteiger charge is -2.30. The van der Waals surface area contributed by atoms with Gasteiger partial charge in [0, 0.05) is 29.8 Å². The Morgan fingerprint density at radius 1 is 1.14 bits per heavy atom. The van der Waals surface area contributed by atoms with Crippen LogP contribution in [0.3, 0.4) is 0 Å². The van der Waals surface area contributed by atoms with Gasteiger partial charge in [-0.3, -0.25) is 4.79 Å². The highest BCUT2D eigenvalue weighted by Crippen LogP contribution is 2.21. The molecule has 0 unspecified atom stereocenters. The number of para-hydroxylation sites is 1. The van der Waals surface area contributed by atoms with Gasteiger partial charge in [-0.2, -0.15) is 4.99 Å². The molecular formula is C23H27N3O3. The molecule has 0 saturated carbocycles. The highest BCUT2D eigenvalue weighted by Gasteiger charge is 2.29. The lowest BCUT2D eigenvalue weighted by Crippen LogP contribution is -2.43. The molecule has 3 rings (SSSR count). The summed E-state index contributed by atoms with van der Waals surface area (Å²) < 4.78 is 5.60. The van der Waals surface area contributed by atoms with Gasteiger partial charge in [-0.15, -0.1) is 0 Å². The summed E-state index contributed by atoms with van der Waals surface area (Å²) in [6, 6.07) is 14.5. The Balaban J connectivity index is 1.78. The molecule has 0 radical (unpaired) electrons. The van der Waals surface area contributed by atoms with Crippen LogP contribution in [-0.2, 0) is 6.54 Å². The Morgan fingerprint density at radius 3 is 2.55 bits per heavy atom. The fourth-order valence-corrected chi connectivity index (χ4v) is 3.39. The van der Waals surface area contributed by atoms with E-state index in [1.807, 2.05) is 49.4 Å². The maximum atomic E-state index is 12.7. The maximum absolute atomic E-state index is 12.7. The minimum atomic E-state index is -0.431. The number of urea groups is 1. The predicted octanol–water partition coefficient (Wildman–Crippen LogP) is 3.90. The number of benzene rings is 2. The van der Waals surface area contributed by atoms with Gasteiger partial charge in [0.05, 0.1) is 18.9 Å². The molecule has 0 atom stereocenters. The maximum Gasteiger partial charge on any atom is 0.341 e. The van der Waals surface area contributed by atoms with Crippen LogP contribution < -0.4 is 10.1 Å². The van der Waals surface area contributed by atoms with E-state index in [0.717, 1.165) is 16.9 Å². The number of amides is 3. The molecule has 1 aliphatic rings. The van der Waals surface area contributed by atoms with Gasteiger partial charge in [0.25, 0.3) is 5.91 Å². The molecule has 152 valence electrons. The Kier molecular flexibility index (Phi) is 6.65. The average Bonchev–Trinajstić information content (AvgIpc) is 2.71. The van der Waals surface area contributed by atoms with Crippen LogP contribution in [0.2, 0.25) is 0 Å². The van der Waals surface area contributed by atoms with E-state index < -0.39 is 6.03 Å². The number of fused-ring (bicyclic) bond motifs is 1. The van der Waals surface area contributed by atoms with Gasteiger partial charge in [0.2, 0.25) is 0 Å². The fourth-order valence-electron chi connectivity index (χ4n) is 3.39. The third-order valence-corrected chi connectivity index (χ3v) is 4.62. The first-order valence-electron chi connectivity index (χ1n) is 9.94. The summed E-state index contributed by atoms with van der Waals surface area (Å²) in [5.41, 5.74) is 2.81. The van der Waals surface area contributed by atoms with Crippen molar-refractivity contribution in [2.45, 2.75) is 27.3 Å². The molecule has 29 heavy (non-hydrogen) atoms. The molecule has 0 spiro atoms. The SMILES string of the molecule is CCOc1ccccc1CNC(=O)N=C1CN(CC(C)C)C(=O)c2ccccc21. The third-order valence-electron chi connectivity index (χ3n) is 4.62. The van der Waals surface area contributed by atoms with Crippen molar-refractivity contribution < 1.29 is 14.3 Å². The highest BCUT2D eigenvalue weighted by molar-refractivity contribution is 6.18. The van der Waals surface area contributed by atoms with Crippen molar-refractivity contribution in [1.82, 2.24) is 10.2 Å². The number of aliphatic imine (C=N–C) groups is 1. The van der Waals surface area contributed by atoms with E-state index in [4.69, 9.17) is 4.74 Å². The molecule has 2 aromatic rings. The normalized spacial score (nSPS) is 14.8. The van der Waals surface area contributed by atoms with Crippen molar-refractivity contribution in [2.75, 3.05) is 19.7 Å². The third kappa shape index (κ3) is 5.02. The average molecular weight is 393 g/mol. The monoisotopic (exact) mass is 393 g/mol. The largest absolute Gasteiger partial charge is 0.494 e. The second-order valence-corrected chi connectivity index (χ2v) is 7.38. The molecule has 2 aromatic carbocycles. The van der Waals surface area contributed by atoms with Crippen LogP contribution in [0.1, 0.15) is 42.3 Å². The summed E-state index contributed by atoms with van der Waals surface area (Å²) in [7, 11) is 0. The molecule has 1 aliphatic heterocycles. The van der Waals surface area contributed by atoms with E-state index in [9.17, 15) is 9.59 Å². The first-order chi connectivity index (χ1) is 14.0. The summed E-state index contributed by atoms with van der Waals surface area (Å²) in [5.74, 6) is 1.06. The molecule has 1 heterocycles. The van der Waals surface area contributed by atoms with Crippen molar-refractivity contribution in [1.29, 1.82) is 0 Å². The van der Waals surface area contributed by atoms with Crippen LogP contribution in [0.15, 0.2) is 53.5 Å². The zero-order valence-corrected chi connectivity index (χ0v) is 17.1. The van der Waals surface area contributed by atoms with E-state index in [1.165, 1.54) is 0 Å². The first-order valence-corrected chi connectivity index (χ1v) is 9.94. The molecule has 3 amide bonds. The molecule has 0 aliphatic carbocycles. The van der Waals surface area contributed by atoms with E-state index >= 15 is 0 Å². The molecular weight excluding hydrogens is 366 g/mol. The number of hydrogen-bond acceptors (Lipinski definition) is 3. The minimum Gasteiger partial charge on any atom is -0.494 e. The van der Waals surface area contributed by atoms with E-state index in [1.54, 1.807) is 11.0 Å². The molecule has 0 bridgehead atoms. The lowest BCUT2D eigenvalue weighted by atomic mass is 9.96. The van der Waals surface area contributed by atoms with Gasteiger partial charge in [-0.25, -0.2) is 4.79 Å². The number of nitrogens with one attached hydrogen (secondary N) is 1. The Bertz CT molecular complexity index is 921. The van der Waals surface area contributed by atoms with Gasteiger partial charge in [-0.05, 0) is 25.0 Å². The summed E-state index contributed by atoms with van der Waals surface area (Å²) in [5, 5.41) is 2.83. The van der Waals surface area contributed by atoms with Crippen molar-refractivity contribution in [2.24, 2.45) is 10.9 Å². The van der Waals surface area contributed by atoms with Crippen LogP contribution >= 0.6 is 0 Å².